The van der Waals surface area contributed by atoms with Gasteiger partial charge in [0.1, 0.15) is 0 Å². The molecule has 0 heterocycles. The minimum absolute atomic E-state index is 0.322. The summed E-state index contributed by atoms with van der Waals surface area (Å²) in [7, 11) is -3.14. The second kappa shape index (κ2) is 8.96. The second-order valence-corrected chi connectivity index (χ2v) is 7.00. The van der Waals surface area contributed by atoms with Crippen LogP contribution in [-0.4, -0.2) is 39.5 Å². The number of nitrogens with one attached hydrogen (secondary N) is 2. The standard InChI is InChI=1S/C14H22N2O3S2/c1-3-19-10-4-9-15-14(20)16-11-12-5-7-13(8-6-12)21(2,17)18/h5-8H,3-4,9-11H2,1-2H3,(H2,15,16,20). The third-order valence-electron chi connectivity index (χ3n) is 2.76. The highest BCUT2D eigenvalue weighted by molar-refractivity contribution is 7.90. The molecular formula is C14H22N2O3S2. The van der Waals surface area contributed by atoms with E-state index in [2.05, 4.69) is 10.6 Å². The van der Waals surface area contributed by atoms with Crippen molar-refractivity contribution in [1.82, 2.24) is 10.6 Å². The van der Waals surface area contributed by atoms with Gasteiger partial charge in [-0.2, -0.15) is 0 Å². The lowest BCUT2D eigenvalue weighted by molar-refractivity contribution is 0.145. The Bertz CT molecular complexity index is 542. The predicted octanol–water partition coefficient (Wildman–Crippen LogP) is 1.48. The molecule has 118 valence electrons. The first-order valence-corrected chi connectivity index (χ1v) is 9.12. The van der Waals surface area contributed by atoms with Gasteiger partial charge in [0, 0.05) is 32.6 Å². The molecule has 0 bridgehead atoms. The van der Waals surface area contributed by atoms with Crippen LogP contribution >= 0.6 is 12.2 Å². The Hall–Kier alpha value is -1.18. The molecule has 0 amide bonds. The Balaban J connectivity index is 2.30. The van der Waals surface area contributed by atoms with Gasteiger partial charge in [0.25, 0.3) is 0 Å². The molecule has 7 heteroatoms. The number of sulfone groups is 1. The molecule has 1 aromatic carbocycles. The van der Waals surface area contributed by atoms with E-state index < -0.39 is 9.84 Å². The topological polar surface area (TPSA) is 67.4 Å². The number of hydrogen-bond acceptors (Lipinski definition) is 4. The molecule has 0 aromatic heterocycles. The monoisotopic (exact) mass is 330 g/mol. The van der Waals surface area contributed by atoms with Crippen molar-refractivity contribution in [3.63, 3.8) is 0 Å². The van der Waals surface area contributed by atoms with Crippen molar-refractivity contribution in [2.45, 2.75) is 24.8 Å². The summed E-state index contributed by atoms with van der Waals surface area (Å²) in [6, 6.07) is 6.76. The van der Waals surface area contributed by atoms with Gasteiger partial charge in [-0.05, 0) is 43.3 Å². The van der Waals surface area contributed by atoms with E-state index >= 15 is 0 Å². The molecule has 0 radical (unpaired) electrons. The number of ether oxygens (including phenoxy) is 1. The summed E-state index contributed by atoms with van der Waals surface area (Å²) in [5.74, 6) is 0. The minimum Gasteiger partial charge on any atom is -0.382 e. The lowest BCUT2D eigenvalue weighted by Gasteiger charge is -2.10. The van der Waals surface area contributed by atoms with Crippen LogP contribution in [0, 0.1) is 0 Å². The molecule has 0 fully saturated rings. The highest BCUT2D eigenvalue weighted by Crippen LogP contribution is 2.09. The number of thiocarbonyl (C=S) groups is 1. The average Bonchev–Trinajstić information content (AvgIpc) is 2.44. The molecular weight excluding hydrogens is 308 g/mol. The maximum absolute atomic E-state index is 11.3. The molecule has 21 heavy (non-hydrogen) atoms. The van der Waals surface area contributed by atoms with Crippen LogP contribution < -0.4 is 10.6 Å². The van der Waals surface area contributed by atoms with Crippen molar-refractivity contribution < 1.29 is 13.2 Å². The van der Waals surface area contributed by atoms with Gasteiger partial charge in [-0.3, -0.25) is 0 Å². The van der Waals surface area contributed by atoms with Crippen molar-refractivity contribution in [2.75, 3.05) is 26.0 Å². The Morgan fingerprint density at radius 1 is 1.24 bits per heavy atom. The zero-order chi connectivity index (χ0) is 15.7. The van der Waals surface area contributed by atoms with Crippen LogP contribution in [0.2, 0.25) is 0 Å². The molecule has 5 nitrogen and oxygen atoms in total. The fourth-order valence-electron chi connectivity index (χ4n) is 1.62. The van der Waals surface area contributed by atoms with Crippen LogP contribution in [0.4, 0.5) is 0 Å². The fraction of sp³-hybridized carbons (Fsp3) is 0.500. The summed E-state index contributed by atoms with van der Waals surface area (Å²) < 4.78 is 27.9. The largest absolute Gasteiger partial charge is 0.382 e. The highest BCUT2D eigenvalue weighted by atomic mass is 32.2. The van der Waals surface area contributed by atoms with E-state index in [-0.39, 0.29) is 0 Å². The average molecular weight is 330 g/mol. The van der Waals surface area contributed by atoms with E-state index in [1.54, 1.807) is 24.3 Å². The molecule has 0 aliphatic heterocycles. The van der Waals surface area contributed by atoms with Gasteiger partial charge < -0.3 is 15.4 Å². The maximum atomic E-state index is 11.3. The minimum atomic E-state index is -3.14. The van der Waals surface area contributed by atoms with Crippen molar-refractivity contribution >= 4 is 27.2 Å². The van der Waals surface area contributed by atoms with E-state index in [4.69, 9.17) is 17.0 Å². The molecule has 0 atom stereocenters. The van der Waals surface area contributed by atoms with Crippen molar-refractivity contribution in [3.8, 4) is 0 Å². The van der Waals surface area contributed by atoms with E-state index in [1.807, 2.05) is 6.92 Å². The number of benzene rings is 1. The van der Waals surface area contributed by atoms with Gasteiger partial charge in [-0.15, -0.1) is 0 Å². The summed E-state index contributed by atoms with van der Waals surface area (Å²) in [6.07, 6.45) is 2.10. The van der Waals surface area contributed by atoms with Crippen molar-refractivity contribution in [2.24, 2.45) is 0 Å². The molecule has 1 aromatic rings. The van der Waals surface area contributed by atoms with Crippen molar-refractivity contribution in [3.05, 3.63) is 29.8 Å². The highest BCUT2D eigenvalue weighted by Gasteiger charge is 2.06. The molecule has 2 N–H and O–H groups in total. The van der Waals surface area contributed by atoms with Crippen LogP contribution in [0.1, 0.15) is 18.9 Å². The van der Waals surface area contributed by atoms with Crippen molar-refractivity contribution in [1.29, 1.82) is 0 Å². The van der Waals surface area contributed by atoms with E-state index in [9.17, 15) is 8.42 Å². The molecule has 0 spiro atoms. The molecule has 0 aliphatic rings. The van der Waals surface area contributed by atoms with Gasteiger partial charge in [0.05, 0.1) is 4.90 Å². The summed E-state index contributed by atoms with van der Waals surface area (Å²) in [5.41, 5.74) is 0.973. The summed E-state index contributed by atoms with van der Waals surface area (Å²) in [4.78, 5) is 0.322. The van der Waals surface area contributed by atoms with Crippen LogP contribution in [0.3, 0.4) is 0 Å². The Kier molecular flexibility index (Phi) is 7.63. The Morgan fingerprint density at radius 3 is 2.48 bits per heavy atom. The third kappa shape index (κ3) is 7.40. The maximum Gasteiger partial charge on any atom is 0.175 e. The molecule has 0 saturated heterocycles. The normalized spacial score (nSPS) is 11.1. The van der Waals surface area contributed by atoms with Crippen LogP contribution in [0.15, 0.2) is 29.2 Å². The Morgan fingerprint density at radius 2 is 1.90 bits per heavy atom. The lowest BCUT2D eigenvalue weighted by Crippen LogP contribution is -2.35. The third-order valence-corrected chi connectivity index (χ3v) is 4.18. The summed E-state index contributed by atoms with van der Waals surface area (Å²) >= 11 is 5.16. The lowest BCUT2D eigenvalue weighted by atomic mass is 10.2. The second-order valence-electron chi connectivity index (χ2n) is 4.58. The molecule has 1 rings (SSSR count). The first kappa shape index (κ1) is 17.9. The first-order chi connectivity index (χ1) is 9.93. The van der Waals surface area contributed by atoms with Gasteiger partial charge in [0.2, 0.25) is 0 Å². The smallest absolute Gasteiger partial charge is 0.175 e. The Labute approximate surface area is 132 Å². The van der Waals surface area contributed by atoms with Crippen LogP contribution in [0.25, 0.3) is 0 Å². The number of rotatable bonds is 8. The fourth-order valence-corrected chi connectivity index (χ4v) is 2.42. The van der Waals surface area contributed by atoms with Gasteiger partial charge in [-0.1, -0.05) is 12.1 Å². The zero-order valence-electron chi connectivity index (χ0n) is 12.4. The predicted molar refractivity (Wildman–Crippen MR) is 88.1 cm³/mol. The SMILES string of the molecule is CCOCCCNC(=S)NCc1ccc(S(C)(=O)=O)cc1. The van der Waals surface area contributed by atoms with Crippen LogP contribution in [-0.2, 0) is 21.1 Å². The van der Waals surface area contributed by atoms with Gasteiger partial charge in [-0.25, -0.2) is 8.42 Å². The molecule has 0 aliphatic carbocycles. The van der Waals surface area contributed by atoms with Gasteiger partial charge >= 0.3 is 0 Å². The van der Waals surface area contributed by atoms with E-state index in [1.165, 1.54) is 6.26 Å². The summed E-state index contributed by atoms with van der Waals surface area (Å²) in [6.45, 7) is 4.74. The molecule has 0 unspecified atom stereocenters. The quantitative estimate of drug-likeness (QED) is 0.556. The van der Waals surface area contributed by atoms with Gasteiger partial charge in [0.15, 0.2) is 14.9 Å². The van der Waals surface area contributed by atoms with Crippen LogP contribution in [0.5, 0.6) is 0 Å². The van der Waals surface area contributed by atoms with E-state index in [0.29, 0.717) is 16.6 Å². The number of hydrogen-bond donors (Lipinski definition) is 2. The van der Waals surface area contributed by atoms with E-state index in [0.717, 1.165) is 31.7 Å². The first-order valence-electron chi connectivity index (χ1n) is 6.82. The summed E-state index contributed by atoms with van der Waals surface area (Å²) in [5, 5.41) is 6.75. The molecule has 0 saturated carbocycles. The zero-order valence-corrected chi connectivity index (χ0v) is 14.0.